The molecule has 2 rings (SSSR count). The number of halogens is 3. The number of aliphatic imine (C=N–C) groups is 1. The highest BCUT2D eigenvalue weighted by Gasteiger charge is 2.30. The zero-order valence-corrected chi connectivity index (χ0v) is 11.2. The number of guanidine groups is 1. The minimum absolute atomic E-state index is 0.0907. The molecule has 0 amide bonds. The van der Waals surface area contributed by atoms with Crippen LogP contribution < -0.4 is 15.8 Å². The standard InChI is InChI=1S/C13H16F3N3O2/c14-13(15,16)21-10-5-3-9(4-6-10)19-12(17)18-8-11-2-1-7-20-11/h3-6,11H,1-2,7-8H2,(H3,17,18,19)/t11-/m1/s1. The number of ether oxygens (including phenoxy) is 2. The molecule has 1 heterocycles. The number of benzene rings is 1. The third kappa shape index (κ3) is 5.50. The van der Waals surface area contributed by atoms with Gasteiger partial charge in [0.1, 0.15) is 5.75 Å². The fourth-order valence-corrected chi connectivity index (χ4v) is 1.92. The Balaban J connectivity index is 1.85. The first-order valence-electron chi connectivity index (χ1n) is 6.47. The van der Waals surface area contributed by atoms with Crippen LogP contribution in [0.2, 0.25) is 0 Å². The Morgan fingerprint density at radius 1 is 1.38 bits per heavy atom. The minimum atomic E-state index is -4.70. The van der Waals surface area contributed by atoms with E-state index in [0.29, 0.717) is 12.2 Å². The number of nitrogens with zero attached hydrogens (tertiary/aromatic N) is 1. The summed E-state index contributed by atoms with van der Waals surface area (Å²) in [6.07, 6.45) is -2.63. The molecule has 8 heteroatoms. The van der Waals surface area contributed by atoms with Gasteiger partial charge in [-0.2, -0.15) is 0 Å². The van der Waals surface area contributed by atoms with Crippen molar-refractivity contribution in [2.45, 2.75) is 25.3 Å². The molecular formula is C13H16F3N3O2. The fraction of sp³-hybridized carbons (Fsp3) is 0.462. The van der Waals surface area contributed by atoms with Gasteiger partial charge in [-0.3, -0.25) is 4.99 Å². The molecule has 3 N–H and O–H groups in total. The summed E-state index contributed by atoms with van der Waals surface area (Å²) in [5.41, 5.74) is 6.22. The van der Waals surface area contributed by atoms with Gasteiger partial charge in [0.05, 0.1) is 12.6 Å². The van der Waals surface area contributed by atoms with Crippen molar-refractivity contribution >= 4 is 11.6 Å². The van der Waals surface area contributed by atoms with Crippen LogP contribution in [-0.4, -0.2) is 31.6 Å². The van der Waals surface area contributed by atoms with Gasteiger partial charge in [-0.25, -0.2) is 0 Å². The zero-order valence-electron chi connectivity index (χ0n) is 11.2. The second-order valence-corrected chi connectivity index (χ2v) is 4.56. The summed E-state index contributed by atoms with van der Waals surface area (Å²) in [4.78, 5) is 4.13. The van der Waals surface area contributed by atoms with E-state index in [4.69, 9.17) is 10.5 Å². The summed E-state index contributed by atoms with van der Waals surface area (Å²) >= 11 is 0. The molecule has 1 atom stereocenters. The Labute approximate surface area is 119 Å². The number of nitrogens with one attached hydrogen (secondary N) is 1. The first-order valence-corrected chi connectivity index (χ1v) is 6.47. The van der Waals surface area contributed by atoms with Crippen molar-refractivity contribution in [3.63, 3.8) is 0 Å². The summed E-state index contributed by atoms with van der Waals surface area (Å²) in [6.45, 7) is 1.21. The molecule has 0 bridgehead atoms. The number of hydrogen-bond acceptors (Lipinski definition) is 3. The monoisotopic (exact) mass is 303 g/mol. The van der Waals surface area contributed by atoms with Gasteiger partial charge in [0, 0.05) is 12.3 Å². The lowest BCUT2D eigenvalue weighted by Gasteiger charge is -2.10. The third-order valence-corrected chi connectivity index (χ3v) is 2.85. The number of rotatable bonds is 4. The Hall–Kier alpha value is -1.96. The van der Waals surface area contributed by atoms with Crippen molar-refractivity contribution in [2.75, 3.05) is 18.5 Å². The highest BCUT2D eigenvalue weighted by molar-refractivity contribution is 5.92. The van der Waals surface area contributed by atoms with Crippen LogP contribution >= 0.6 is 0 Å². The van der Waals surface area contributed by atoms with Gasteiger partial charge in [-0.05, 0) is 37.1 Å². The van der Waals surface area contributed by atoms with Crippen LogP contribution in [-0.2, 0) is 4.74 Å². The second-order valence-electron chi connectivity index (χ2n) is 4.56. The van der Waals surface area contributed by atoms with Gasteiger partial charge in [0.15, 0.2) is 5.96 Å². The van der Waals surface area contributed by atoms with E-state index in [1.807, 2.05) is 0 Å². The zero-order chi connectivity index (χ0) is 15.3. The van der Waals surface area contributed by atoms with Crippen molar-refractivity contribution in [1.29, 1.82) is 0 Å². The van der Waals surface area contributed by atoms with Gasteiger partial charge in [-0.15, -0.1) is 13.2 Å². The number of nitrogens with two attached hydrogens (primary N) is 1. The van der Waals surface area contributed by atoms with E-state index >= 15 is 0 Å². The molecule has 0 saturated carbocycles. The summed E-state index contributed by atoms with van der Waals surface area (Å²) in [6, 6.07) is 5.25. The Morgan fingerprint density at radius 3 is 2.67 bits per heavy atom. The summed E-state index contributed by atoms with van der Waals surface area (Å²) in [7, 11) is 0. The van der Waals surface area contributed by atoms with Crippen LogP contribution in [0, 0.1) is 0 Å². The molecule has 0 spiro atoms. The number of anilines is 1. The predicted molar refractivity (Wildman–Crippen MR) is 72.2 cm³/mol. The quantitative estimate of drug-likeness (QED) is 0.662. The van der Waals surface area contributed by atoms with Gasteiger partial charge in [-0.1, -0.05) is 0 Å². The third-order valence-electron chi connectivity index (χ3n) is 2.85. The van der Waals surface area contributed by atoms with Crippen LogP contribution in [0.25, 0.3) is 0 Å². The summed E-state index contributed by atoms with van der Waals surface area (Å²) in [5.74, 6) is -0.0992. The number of alkyl halides is 3. The molecule has 21 heavy (non-hydrogen) atoms. The molecule has 1 aliphatic rings. The van der Waals surface area contributed by atoms with Gasteiger partial charge >= 0.3 is 6.36 Å². The van der Waals surface area contributed by atoms with E-state index in [1.165, 1.54) is 24.3 Å². The van der Waals surface area contributed by atoms with Crippen LogP contribution in [0.4, 0.5) is 18.9 Å². The van der Waals surface area contributed by atoms with E-state index in [2.05, 4.69) is 15.0 Å². The normalized spacial score (nSPS) is 19.6. The molecule has 1 aliphatic heterocycles. The maximum absolute atomic E-state index is 12.0. The second kappa shape index (κ2) is 6.66. The fourth-order valence-electron chi connectivity index (χ4n) is 1.92. The average Bonchev–Trinajstić information content (AvgIpc) is 2.90. The smallest absolute Gasteiger partial charge is 0.406 e. The van der Waals surface area contributed by atoms with Crippen LogP contribution in [0.3, 0.4) is 0 Å². The first kappa shape index (κ1) is 15.4. The molecule has 116 valence electrons. The topological polar surface area (TPSA) is 68.9 Å². The van der Waals surface area contributed by atoms with E-state index in [0.717, 1.165) is 19.4 Å². The summed E-state index contributed by atoms with van der Waals surface area (Å²) in [5, 5.41) is 2.79. The van der Waals surface area contributed by atoms with Crippen LogP contribution in [0.5, 0.6) is 5.75 Å². The minimum Gasteiger partial charge on any atom is -0.406 e. The van der Waals surface area contributed by atoms with E-state index in [9.17, 15) is 13.2 Å². The molecule has 1 fully saturated rings. The lowest BCUT2D eigenvalue weighted by atomic mass is 10.2. The Kier molecular flexibility index (Phi) is 4.89. The van der Waals surface area contributed by atoms with E-state index in [1.54, 1.807) is 0 Å². The molecule has 5 nitrogen and oxygen atoms in total. The largest absolute Gasteiger partial charge is 0.573 e. The lowest BCUT2D eigenvalue weighted by molar-refractivity contribution is -0.274. The molecule has 1 aromatic carbocycles. The van der Waals surface area contributed by atoms with E-state index < -0.39 is 6.36 Å². The molecule has 0 unspecified atom stereocenters. The van der Waals surface area contributed by atoms with Gasteiger partial charge < -0.3 is 20.5 Å². The summed E-state index contributed by atoms with van der Waals surface area (Å²) < 4.78 is 45.2. The molecule has 1 aromatic rings. The van der Waals surface area contributed by atoms with Crippen LogP contribution in [0.1, 0.15) is 12.8 Å². The van der Waals surface area contributed by atoms with Gasteiger partial charge in [0.2, 0.25) is 0 Å². The SMILES string of the molecule is NC(=NC[C@H]1CCCO1)Nc1ccc(OC(F)(F)F)cc1. The highest BCUT2D eigenvalue weighted by Crippen LogP contribution is 2.23. The van der Waals surface area contributed by atoms with Crippen molar-refractivity contribution in [3.05, 3.63) is 24.3 Å². The molecule has 0 radical (unpaired) electrons. The Morgan fingerprint density at radius 2 is 2.10 bits per heavy atom. The Bertz CT molecular complexity index is 482. The van der Waals surface area contributed by atoms with Crippen molar-refractivity contribution in [1.82, 2.24) is 0 Å². The van der Waals surface area contributed by atoms with E-state index in [-0.39, 0.29) is 17.8 Å². The van der Waals surface area contributed by atoms with Crippen molar-refractivity contribution in [2.24, 2.45) is 10.7 Å². The highest BCUT2D eigenvalue weighted by atomic mass is 19.4. The van der Waals surface area contributed by atoms with Crippen molar-refractivity contribution < 1.29 is 22.6 Å². The number of hydrogen-bond donors (Lipinski definition) is 2. The van der Waals surface area contributed by atoms with Crippen LogP contribution in [0.15, 0.2) is 29.3 Å². The van der Waals surface area contributed by atoms with Gasteiger partial charge in [0.25, 0.3) is 0 Å². The molecule has 0 aromatic heterocycles. The lowest BCUT2D eigenvalue weighted by Crippen LogP contribution is -2.24. The first-order chi connectivity index (χ1) is 9.92. The van der Waals surface area contributed by atoms with Crippen molar-refractivity contribution in [3.8, 4) is 5.75 Å². The maximum Gasteiger partial charge on any atom is 0.573 e. The maximum atomic E-state index is 12.0. The molecular weight excluding hydrogens is 287 g/mol. The average molecular weight is 303 g/mol. The molecule has 0 aliphatic carbocycles. The predicted octanol–water partition coefficient (Wildman–Crippen LogP) is 2.49. The molecule has 1 saturated heterocycles.